The lowest BCUT2D eigenvalue weighted by Gasteiger charge is -2.05. The summed E-state index contributed by atoms with van der Waals surface area (Å²) in [6.07, 6.45) is 4.96. The maximum Gasteiger partial charge on any atom is 0.336 e. The third kappa shape index (κ3) is 10.2. The number of esters is 2. The fourth-order valence-electron chi connectivity index (χ4n) is 2.21. The van der Waals surface area contributed by atoms with E-state index in [1.807, 2.05) is 6.08 Å². The van der Waals surface area contributed by atoms with Crippen LogP contribution >= 0.6 is 21.6 Å². The zero-order chi connectivity index (χ0) is 23.2. The Morgan fingerprint density at radius 2 is 1.66 bits per heavy atom. The summed E-state index contributed by atoms with van der Waals surface area (Å²) in [5, 5.41) is 9.31. The van der Waals surface area contributed by atoms with Crippen LogP contribution in [0.2, 0.25) is 0 Å². The van der Waals surface area contributed by atoms with Gasteiger partial charge < -0.3 is 14.3 Å². The van der Waals surface area contributed by atoms with Crippen LogP contribution in [0.1, 0.15) is 17.5 Å². The Balaban J connectivity index is 1.76. The molecule has 2 aromatic carbocycles. The predicted octanol–water partition coefficient (Wildman–Crippen LogP) is 4.88. The lowest BCUT2D eigenvalue weighted by atomic mass is 10.2. The molecule has 0 radical (unpaired) electrons. The van der Waals surface area contributed by atoms with Gasteiger partial charge in [0.25, 0.3) is 5.09 Å². The van der Waals surface area contributed by atoms with E-state index in [4.69, 9.17) is 9.47 Å². The summed E-state index contributed by atoms with van der Waals surface area (Å²) in [5.41, 5.74) is 1.30. The average molecular weight is 476 g/mol. The lowest BCUT2D eigenvalue weighted by Crippen LogP contribution is -2.08. The molecule has 0 fully saturated rings. The lowest BCUT2D eigenvalue weighted by molar-refractivity contribution is -0.763. The summed E-state index contributed by atoms with van der Waals surface area (Å²) in [6, 6.07) is 12.9. The molecule has 0 N–H and O–H groups in total. The quantitative estimate of drug-likeness (QED) is 0.0586. The molecule has 168 valence electrons. The van der Waals surface area contributed by atoms with Gasteiger partial charge in [0, 0.05) is 17.6 Å². The van der Waals surface area contributed by atoms with Crippen LogP contribution < -0.4 is 9.47 Å². The summed E-state index contributed by atoms with van der Waals surface area (Å²) < 4.78 is 10.5. The Morgan fingerprint density at radius 3 is 2.31 bits per heavy atom. The minimum absolute atomic E-state index is 0.180. The Kier molecular flexibility index (Phi) is 10.9. The molecule has 0 heterocycles. The van der Waals surface area contributed by atoms with Gasteiger partial charge in [0.2, 0.25) is 0 Å². The second kappa shape index (κ2) is 13.9. The predicted molar refractivity (Wildman–Crippen MR) is 125 cm³/mol. The van der Waals surface area contributed by atoms with Crippen molar-refractivity contribution in [1.29, 1.82) is 0 Å². The molecule has 2 aromatic rings. The van der Waals surface area contributed by atoms with Crippen molar-refractivity contribution in [3.05, 3.63) is 88.5 Å². The Bertz CT molecular complexity index is 944. The minimum Gasteiger partial charge on any atom is -0.427 e. The summed E-state index contributed by atoms with van der Waals surface area (Å²) >= 11 is 0. The van der Waals surface area contributed by atoms with Crippen molar-refractivity contribution in [3.8, 4) is 11.5 Å². The molecule has 0 bridgehead atoms. The number of ether oxygens (including phenoxy) is 2. The molecular weight excluding hydrogens is 454 g/mol. The van der Waals surface area contributed by atoms with Gasteiger partial charge in [0.15, 0.2) is 0 Å². The third-order valence-corrected chi connectivity index (χ3v) is 5.98. The summed E-state index contributed by atoms with van der Waals surface area (Å²) in [6.45, 7) is 3.45. The number of hydrogen-bond acceptors (Lipinski definition) is 9. The zero-order valence-corrected chi connectivity index (χ0v) is 18.6. The number of hydrogen-bond donors (Lipinski definition) is 0. The monoisotopic (exact) mass is 475 g/mol. The van der Waals surface area contributed by atoms with E-state index in [-0.39, 0.29) is 12.6 Å². The first-order chi connectivity index (χ1) is 15.5. The fourth-order valence-corrected chi connectivity index (χ4v) is 3.95. The van der Waals surface area contributed by atoms with Crippen molar-refractivity contribution in [2.75, 3.05) is 11.5 Å². The van der Waals surface area contributed by atoms with Gasteiger partial charge in [0.05, 0.1) is 6.42 Å². The van der Waals surface area contributed by atoms with E-state index in [2.05, 4.69) is 11.4 Å². The molecule has 0 aliphatic rings. The SMILES string of the molecule is C=CCSSCCC(=O)Oc1ccc(/C=C/C(=O)Oc2ccc(CO[N+](=O)[O-])cc2)cc1. The number of carbonyl (C=O) groups excluding carboxylic acids is 2. The van der Waals surface area contributed by atoms with Crippen molar-refractivity contribution in [1.82, 2.24) is 0 Å². The molecule has 0 amide bonds. The van der Waals surface area contributed by atoms with Crippen molar-refractivity contribution in [3.63, 3.8) is 0 Å². The van der Waals surface area contributed by atoms with Crippen LogP contribution in [0, 0.1) is 10.1 Å². The van der Waals surface area contributed by atoms with Gasteiger partial charge in [-0.15, -0.1) is 16.7 Å². The van der Waals surface area contributed by atoms with E-state index in [1.165, 1.54) is 18.2 Å². The molecule has 10 heteroatoms. The summed E-state index contributed by atoms with van der Waals surface area (Å²) in [5.74, 6) is 1.33. The van der Waals surface area contributed by atoms with Gasteiger partial charge in [-0.3, -0.25) is 4.79 Å². The van der Waals surface area contributed by atoms with Crippen LogP contribution in [0.5, 0.6) is 11.5 Å². The molecular formula is C22H21NO7S2. The molecule has 0 unspecified atom stereocenters. The van der Waals surface area contributed by atoms with Crippen molar-refractivity contribution >= 4 is 39.6 Å². The van der Waals surface area contributed by atoms with Gasteiger partial charge in [0.1, 0.15) is 18.1 Å². The van der Waals surface area contributed by atoms with Gasteiger partial charge in [-0.25, -0.2) is 4.79 Å². The first-order valence-corrected chi connectivity index (χ1v) is 11.9. The van der Waals surface area contributed by atoms with E-state index in [9.17, 15) is 19.7 Å². The number of rotatable bonds is 13. The largest absolute Gasteiger partial charge is 0.427 e. The van der Waals surface area contributed by atoms with Gasteiger partial charge in [-0.1, -0.05) is 51.9 Å². The number of nitrogens with zero attached hydrogens (tertiary/aromatic N) is 1. The van der Waals surface area contributed by atoms with Gasteiger partial charge in [-0.2, -0.15) is 0 Å². The van der Waals surface area contributed by atoms with Crippen LogP contribution in [0.4, 0.5) is 0 Å². The maximum absolute atomic E-state index is 12.0. The minimum atomic E-state index is -0.874. The highest BCUT2D eigenvalue weighted by Crippen LogP contribution is 2.22. The maximum atomic E-state index is 12.0. The van der Waals surface area contributed by atoms with Crippen LogP contribution in [-0.2, 0) is 21.0 Å². The van der Waals surface area contributed by atoms with Gasteiger partial charge >= 0.3 is 11.9 Å². The van der Waals surface area contributed by atoms with Crippen molar-refractivity contribution in [2.24, 2.45) is 0 Å². The van der Waals surface area contributed by atoms with Crippen LogP contribution in [0.25, 0.3) is 6.08 Å². The highest BCUT2D eigenvalue weighted by Gasteiger charge is 2.06. The Morgan fingerprint density at radius 1 is 1.00 bits per heavy atom. The third-order valence-electron chi connectivity index (χ3n) is 3.66. The molecule has 0 aliphatic heterocycles. The standard InChI is InChI=1S/C22H21NO7S2/c1-2-14-31-32-15-13-22(25)30-19-8-3-17(4-9-19)7-12-21(24)29-20-10-5-18(6-11-20)16-28-23(26)27/h2-12H,1,13-16H2/b12-7+. The smallest absolute Gasteiger partial charge is 0.336 e. The van der Waals surface area contributed by atoms with E-state index in [0.29, 0.717) is 29.2 Å². The Labute approximate surface area is 193 Å². The second-order valence-corrected chi connectivity index (χ2v) is 8.71. The number of carbonyl (C=O) groups is 2. The summed E-state index contributed by atoms with van der Waals surface area (Å²) in [4.78, 5) is 38.2. The molecule has 8 nitrogen and oxygen atoms in total. The highest BCUT2D eigenvalue weighted by atomic mass is 33.1. The van der Waals surface area contributed by atoms with Crippen molar-refractivity contribution < 1.29 is 29.0 Å². The Hall–Kier alpha value is -3.24. The molecule has 0 saturated heterocycles. The van der Waals surface area contributed by atoms with E-state index >= 15 is 0 Å². The molecule has 0 aromatic heterocycles. The normalized spacial score (nSPS) is 10.5. The highest BCUT2D eigenvalue weighted by molar-refractivity contribution is 8.76. The molecule has 0 aliphatic carbocycles. The van der Waals surface area contributed by atoms with E-state index < -0.39 is 11.1 Å². The molecule has 0 spiro atoms. The van der Waals surface area contributed by atoms with Crippen LogP contribution in [0.3, 0.4) is 0 Å². The summed E-state index contributed by atoms with van der Waals surface area (Å²) in [7, 11) is 3.23. The fraction of sp³-hybridized carbons (Fsp3) is 0.182. The van der Waals surface area contributed by atoms with Gasteiger partial charge in [-0.05, 0) is 41.5 Å². The molecule has 32 heavy (non-hydrogen) atoms. The first-order valence-electron chi connectivity index (χ1n) is 9.38. The average Bonchev–Trinajstić information content (AvgIpc) is 2.78. The topological polar surface area (TPSA) is 105 Å². The van der Waals surface area contributed by atoms with Crippen molar-refractivity contribution in [2.45, 2.75) is 13.0 Å². The molecule has 0 saturated carbocycles. The number of benzene rings is 2. The van der Waals surface area contributed by atoms with Crippen LogP contribution in [0.15, 0.2) is 67.3 Å². The molecule has 2 rings (SSSR count). The molecule has 0 atom stereocenters. The van der Waals surface area contributed by atoms with E-state index in [1.54, 1.807) is 64.1 Å². The second-order valence-electron chi connectivity index (χ2n) is 6.08. The van der Waals surface area contributed by atoms with Crippen LogP contribution in [-0.4, -0.2) is 28.5 Å². The zero-order valence-electron chi connectivity index (χ0n) is 17.0. The first kappa shape index (κ1) is 25.0. The van der Waals surface area contributed by atoms with E-state index in [0.717, 1.165) is 11.3 Å².